The second-order valence-electron chi connectivity index (χ2n) is 4.28. The Balaban J connectivity index is 3.68. The standard InChI is InChI=1S/C11H24N2/c1-9(2)8-13(6)11(5)7-12-10(3)4/h10-12H,1,7-8H2,2-6H3. The fourth-order valence-corrected chi connectivity index (χ4v) is 1.14. The molecule has 1 atom stereocenters. The van der Waals surface area contributed by atoms with Crippen LogP contribution in [0.1, 0.15) is 27.7 Å². The lowest BCUT2D eigenvalue weighted by Gasteiger charge is -2.25. The van der Waals surface area contributed by atoms with Crippen molar-refractivity contribution in [3.05, 3.63) is 12.2 Å². The average molecular weight is 184 g/mol. The monoisotopic (exact) mass is 184 g/mol. The summed E-state index contributed by atoms with van der Waals surface area (Å²) in [6, 6.07) is 1.14. The van der Waals surface area contributed by atoms with Gasteiger partial charge in [0, 0.05) is 25.2 Å². The van der Waals surface area contributed by atoms with E-state index in [1.54, 1.807) is 0 Å². The van der Waals surface area contributed by atoms with Crippen LogP contribution in [-0.4, -0.2) is 37.1 Å². The van der Waals surface area contributed by atoms with Crippen LogP contribution >= 0.6 is 0 Å². The van der Waals surface area contributed by atoms with Crippen molar-refractivity contribution in [3.63, 3.8) is 0 Å². The highest BCUT2D eigenvalue weighted by molar-refractivity contribution is 4.92. The molecule has 0 saturated heterocycles. The van der Waals surface area contributed by atoms with Gasteiger partial charge in [-0.15, -0.1) is 0 Å². The van der Waals surface area contributed by atoms with Crippen LogP contribution in [0.2, 0.25) is 0 Å². The Morgan fingerprint density at radius 3 is 2.31 bits per heavy atom. The number of rotatable bonds is 6. The first-order chi connectivity index (χ1) is 5.93. The first-order valence-electron chi connectivity index (χ1n) is 5.01. The third-order valence-electron chi connectivity index (χ3n) is 2.09. The molecule has 0 fully saturated rings. The highest BCUT2D eigenvalue weighted by Gasteiger charge is 2.08. The maximum Gasteiger partial charge on any atom is 0.0192 e. The molecule has 0 rings (SSSR count). The van der Waals surface area contributed by atoms with E-state index < -0.39 is 0 Å². The first kappa shape index (κ1) is 12.7. The van der Waals surface area contributed by atoms with Crippen molar-refractivity contribution in [2.24, 2.45) is 0 Å². The normalized spacial score (nSPS) is 13.8. The van der Waals surface area contributed by atoms with Gasteiger partial charge in [-0.3, -0.25) is 4.90 Å². The highest BCUT2D eigenvalue weighted by Crippen LogP contribution is 1.98. The summed E-state index contributed by atoms with van der Waals surface area (Å²) in [5, 5.41) is 3.43. The van der Waals surface area contributed by atoms with Crippen molar-refractivity contribution in [1.82, 2.24) is 10.2 Å². The van der Waals surface area contributed by atoms with Gasteiger partial charge < -0.3 is 5.32 Å². The Morgan fingerprint density at radius 2 is 1.92 bits per heavy atom. The number of hydrogen-bond donors (Lipinski definition) is 1. The van der Waals surface area contributed by atoms with Crippen LogP contribution in [-0.2, 0) is 0 Å². The number of nitrogens with zero attached hydrogens (tertiary/aromatic N) is 1. The molecule has 0 saturated carbocycles. The second-order valence-corrected chi connectivity index (χ2v) is 4.28. The molecule has 1 N–H and O–H groups in total. The van der Waals surface area contributed by atoms with Gasteiger partial charge in [0.25, 0.3) is 0 Å². The lowest BCUT2D eigenvalue weighted by atomic mass is 10.2. The summed E-state index contributed by atoms with van der Waals surface area (Å²) in [6.07, 6.45) is 0. The number of nitrogens with one attached hydrogen (secondary N) is 1. The van der Waals surface area contributed by atoms with Crippen LogP contribution in [0, 0.1) is 0 Å². The van der Waals surface area contributed by atoms with Gasteiger partial charge in [-0.1, -0.05) is 26.0 Å². The molecule has 2 heteroatoms. The van der Waals surface area contributed by atoms with Crippen LogP contribution < -0.4 is 5.32 Å². The molecular weight excluding hydrogens is 160 g/mol. The van der Waals surface area contributed by atoms with Gasteiger partial charge in [-0.2, -0.15) is 0 Å². The Morgan fingerprint density at radius 1 is 1.38 bits per heavy atom. The lowest BCUT2D eigenvalue weighted by molar-refractivity contribution is 0.266. The minimum Gasteiger partial charge on any atom is -0.313 e. The van der Waals surface area contributed by atoms with Crippen molar-refractivity contribution in [2.45, 2.75) is 39.8 Å². The Kier molecular flexibility index (Phi) is 6.00. The van der Waals surface area contributed by atoms with Gasteiger partial charge in [-0.25, -0.2) is 0 Å². The van der Waals surface area contributed by atoms with Gasteiger partial charge in [0.1, 0.15) is 0 Å². The van der Waals surface area contributed by atoms with Crippen molar-refractivity contribution in [2.75, 3.05) is 20.1 Å². The van der Waals surface area contributed by atoms with Crippen molar-refractivity contribution in [1.29, 1.82) is 0 Å². The smallest absolute Gasteiger partial charge is 0.0192 e. The summed E-state index contributed by atoms with van der Waals surface area (Å²) in [4.78, 5) is 2.32. The molecule has 2 nitrogen and oxygen atoms in total. The van der Waals surface area contributed by atoms with E-state index in [1.807, 2.05) is 0 Å². The molecular formula is C11H24N2. The summed E-state index contributed by atoms with van der Waals surface area (Å²) >= 11 is 0. The van der Waals surface area contributed by atoms with Crippen LogP contribution in [0.15, 0.2) is 12.2 Å². The minimum atomic E-state index is 0.569. The molecule has 78 valence electrons. The van der Waals surface area contributed by atoms with E-state index in [2.05, 4.69) is 51.5 Å². The molecule has 0 amide bonds. The molecule has 0 aliphatic carbocycles. The molecule has 0 aliphatic heterocycles. The topological polar surface area (TPSA) is 15.3 Å². The van der Waals surface area contributed by atoms with E-state index in [-0.39, 0.29) is 0 Å². The lowest BCUT2D eigenvalue weighted by Crippen LogP contribution is -2.40. The molecule has 0 spiro atoms. The van der Waals surface area contributed by atoms with Gasteiger partial charge in [0.2, 0.25) is 0 Å². The van der Waals surface area contributed by atoms with E-state index in [9.17, 15) is 0 Å². The Bertz CT molecular complexity index is 152. The SMILES string of the molecule is C=C(C)CN(C)C(C)CNC(C)C. The largest absolute Gasteiger partial charge is 0.313 e. The molecule has 0 heterocycles. The average Bonchev–Trinajstić information content (AvgIpc) is 1.98. The Hall–Kier alpha value is -0.340. The first-order valence-corrected chi connectivity index (χ1v) is 5.01. The van der Waals surface area contributed by atoms with Crippen LogP contribution in [0.25, 0.3) is 0 Å². The molecule has 0 bridgehead atoms. The molecule has 13 heavy (non-hydrogen) atoms. The number of likely N-dealkylation sites (N-methyl/N-ethyl adjacent to an activating group) is 1. The zero-order chi connectivity index (χ0) is 10.4. The van der Waals surface area contributed by atoms with Gasteiger partial charge >= 0.3 is 0 Å². The predicted molar refractivity (Wildman–Crippen MR) is 60.0 cm³/mol. The highest BCUT2D eigenvalue weighted by atomic mass is 15.1. The molecule has 1 unspecified atom stereocenters. The minimum absolute atomic E-state index is 0.569. The second kappa shape index (κ2) is 6.17. The van der Waals surface area contributed by atoms with Crippen molar-refractivity contribution < 1.29 is 0 Å². The van der Waals surface area contributed by atoms with Gasteiger partial charge in [0.15, 0.2) is 0 Å². The van der Waals surface area contributed by atoms with Crippen LogP contribution in [0.5, 0.6) is 0 Å². The maximum absolute atomic E-state index is 3.91. The van der Waals surface area contributed by atoms with Gasteiger partial charge in [0.05, 0.1) is 0 Å². The van der Waals surface area contributed by atoms with Crippen molar-refractivity contribution >= 4 is 0 Å². The summed E-state index contributed by atoms with van der Waals surface area (Å²) in [7, 11) is 2.14. The Labute approximate surface area is 83.0 Å². The van der Waals surface area contributed by atoms with E-state index in [0.29, 0.717) is 12.1 Å². The third kappa shape index (κ3) is 6.79. The van der Waals surface area contributed by atoms with Crippen LogP contribution in [0.3, 0.4) is 0 Å². The molecule has 0 aliphatic rings. The fourth-order valence-electron chi connectivity index (χ4n) is 1.14. The number of hydrogen-bond acceptors (Lipinski definition) is 2. The van der Waals surface area contributed by atoms with Crippen LogP contribution in [0.4, 0.5) is 0 Å². The summed E-state index contributed by atoms with van der Waals surface area (Å²) in [5.41, 5.74) is 1.22. The van der Waals surface area contributed by atoms with Crippen molar-refractivity contribution in [3.8, 4) is 0 Å². The predicted octanol–water partition coefficient (Wildman–Crippen LogP) is 1.88. The fraction of sp³-hybridized carbons (Fsp3) is 0.818. The van der Waals surface area contributed by atoms with E-state index in [4.69, 9.17) is 0 Å². The third-order valence-corrected chi connectivity index (χ3v) is 2.09. The zero-order valence-electron chi connectivity index (χ0n) is 9.72. The van der Waals surface area contributed by atoms with Gasteiger partial charge in [-0.05, 0) is 20.9 Å². The summed E-state index contributed by atoms with van der Waals surface area (Å²) < 4.78 is 0. The quantitative estimate of drug-likeness (QED) is 0.634. The maximum atomic E-state index is 3.91. The molecule has 0 radical (unpaired) electrons. The summed E-state index contributed by atoms with van der Waals surface area (Å²) in [6.45, 7) is 14.6. The van der Waals surface area contributed by atoms with E-state index in [0.717, 1.165) is 13.1 Å². The molecule has 0 aromatic heterocycles. The molecule has 0 aromatic rings. The van der Waals surface area contributed by atoms with E-state index in [1.165, 1.54) is 5.57 Å². The zero-order valence-corrected chi connectivity index (χ0v) is 9.72. The van der Waals surface area contributed by atoms with E-state index >= 15 is 0 Å². The molecule has 0 aromatic carbocycles. The summed E-state index contributed by atoms with van der Waals surface area (Å²) in [5.74, 6) is 0.